The predicted molar refractivity (Wildman–Crippen MR) is 227 cm³/mol. The second-order valence-electron chi connectivity index (χ2n) is 19.3. The van der Waals surface area contributed by atoms with E-state index in [1.807, 2.05) is 0 Å². The average molecular weight is 906 g/mol. The topological polar surface area (TPSA) is 208 Å². The van der Waals surface area contributed by atoms with Gasteiger partial charge in [0.25, 0.3) is 0 Å². The van der Waals surface area contributed by atoms with Crippen molar-refractivity contribution in [1.29, 1.82) is 0 Å². The van der Waals surface area contributed by atoms with Crippen LogP contribution in [0.3, 0.4) is 0 Å². The van der Waals surface area contributed by atoms with Gasteiger partial charge in [-0.15, -0.1) is 0 Å². The van der Waals surface area contributed by atoms with Crippen LogP contribution in [0.4, 0.5) is 19.3 Å². The molecule has 65 heavy (non-hydrogen) atoms. The number of rotatable bonds is 9. The quantitative estimate of drug-likeness (QED) is 0.263. The van der Waals surface area contributed by atoms with Crippen LogP contribution in [-0.4, -0.2) is 100 Å². The van der Waals surface area contributed by atoms with Crippen LogP contribution >= 0.6 is 0 Å². The standard InChI is InChI=1S/C47H53F2N3O13/c1-23-15-32-31-10-7-26-16-28(53)11-12-44(26,4)46(31,49)35(54)18-45(32,5)47(23,60)36(55)22-62-41(57)30-20-52(27-8-9-27)37-29(39(30)56)17-33(48)38(40(37)61-6)50-13-14-51(24(2)19-50)42(58)63-21-34-25(3)64-43(59)65-34/h11-12,16-17,20,23-24,27,31-32,35,54,60H,7-10,13-15,18-19,21-22H2,1-6H3/t23-,24?,31+,32+,35+,44+,45+,46+,47+/m0/s1. The van der Waals surface area contributed by atoms with Gasteiger partial charge in [0.15, 0.2) is 47.8 Å². The lowest BCUT2D eigenvalue weighted by Gasteiger charge is -2.62. The summed E-state index contributed by atoms with van der Waals surface area (Å²) >= 11 is 0. The van der Waals surface area contributed by atoms with Gasteiger partial charge in [0.1, 0.15) is 16.9 Å². The van der Waals surface area contributed by atoms with E-state index >= 15 is 8.78 Å². The molecule has 0 bridgehead atoms. The number of aromatic nitrogens is 1. The fraction of sp³-hybridized carbons (Fsp3) is 0.574. The Morgan fingerprint density at radius 2 is 1.77 bits per heavy atom. The number of esters is 1. The Morgan fingerprint density at radius 3 is 2.43 bits per heavy atom. The Hall–Kier alpha value is -5.62. The van der Waals surface area contributed by atoms with E-state index in [4.69, 9.17) is 23.0 Å². The summed E-state index contributed by atoms with van der Waals surface area (Å²) < 4.78 is 62.2. The van der Waals surface area contributed by atoms with E-state index in [9.17, 15) is 39.0 Å². The molecule has 9 rings (SSSR count). The number of fused-ring (bicyclic) bond motifs is 6. The highest BCUT2D eigenvalue weighted by Gasteiger charge is 2.75. The minimum absolute atomic E-state index is 0.0483. The number of carbonyl (C=O) groups is 4. The summed E-state index contributed by atoms with van der Waals surface area (Å²) in [6.45, 7) is 7.48. The van der Waals surface area contributed by atoms with Crippen LogP contribution in [0.2, 0.25) is 0 Å². The van der Waals surface area contributed by atoms with E-state index in [1.54, 1.807) is 37.2 Å². The van der Waals surface area contributed by atoms with E-state index in [2.05, 4.69) is 0 Å². The van der Waals surface area contributed by atoms with E-state index in [0.29, 0.717) is 31.3 Å². The third-order valence-electron chi connectivity index (χ3n) is 15.9. The number of methoxy groups -OCH3 is 1. The van der Waals surface area contributed by atoms with Gasteiger partial charge in [0, 0.05) is 54.7 Å². The number of ketones is 2. The zero-order chi connectivity index (χ0) is 46.7. The van der Waals surface area contributed by atoms with Crippen LogP contribution in [0.25, 0.3) is 10.9 Å². The number of hydrogen-bond donors (Lipinski definition) is 2. The zero-order valence-corrected chi connectivity index (χ0v) is 37.1. The maximum atomic E-state index is 17.7. The molecule has 2 aromatic heterocycles. The lowest BCUT2D eigenvalue weighted by Crippen LogP contribution is -2.69. The molecule has 3 heterocycles. The Labute approximate surface area is 371 Å². The van der Waals surface area contributed by atoms with Crippen LogP contribution in [0.15, 0.2) is 54.5 Å². The largest absolute Gasteiger partial charge is 0.519 e. The summed E-state index contributed by atoms with van der Waals surface area (Å²) in [5.74, 6) is -5.69. The van der Waals surface area contributed by atoms with Crippen LogP contribution < -0.4 is 20.9 Å². The van der Waals surface area contributed by atoms with Crippen molar-refractivity contribution in [2.75, 3.05) is 38.3 Å². The lowest BCUT2D eigenvalue weighted by atomic mass is 9.44. The van der Waals surface area contributed by atoms with Gasteiger partial charge in [-0.2, -0.15) is 0 Å². The highest BCUT2D eigenvalue weighted by atomic mass is 19.1. The first-order valence-electron chi connectivity index (χ1n) is 22.2. The van der Waals surface area contributed by atoms with E-state index in [1.165, 1.54) is 43.4 Å². The van der Waals surface area contributed by atoms with Crippen molar-refractivity contribution >= 4 is 40.2 Å². The third kappa shape index (κ3) is 6.55. The SMILES string of the molecule is COc1c(N2CCN(C(=O)OCc3oc(=O)oc3C)C(C)C2)c(F)cc2c(=O)c(C(=O)OCC(=O)[C@]3(O)[C@@H](C)C[C@@H]4[C@H]5CCC6=CC(=O)C=C[C@@]6(C)[C@]5(F)[C@H](O)C[C@]43C)cn(C3CC3)c12. The van der Waals surface area contributed by atoms with Crippen molar-refractivity contribution < 1.29 is 61.2 Å². The number of aliphatic hydroxyl groups is 2. The number of anilines is 1. The number of Topliss-reactive ketones (excluding diaryl/α,β-unsaturated/α-hetero) is 1. The monoisotopic (exact) mass is 905 g/mol. The van der Waals surface area contributed by atoms with Crippen LogP contribution in [0.1, 0.15) is 94.1 Å². The summed E-state index contributed by atoms with van der Waals surface area (Å²) in [6, 6.07) is 0.376. The number of nitrogens with zero attached hydrogens (tertiary/aromatic N) is 3. The first kappa shape index (κ1) is 44.6. The van der Waals surface area contributed by atoms with Gasteiger partial charge in [0.2, 0.25) is 11.2 Å². The Kier molecular flexibility index (Phi) is 10.6. The number of carbonyl (C=O) groups excluding carboxylic acids is 4. The number of halogens is 2. The second kappa shape index (κ2) is 15.5. The Balaban J connectivity index is 0.945. The summed E-state index contributed by atoms with van der Waals surface area (Å²) in [4.78, 5) is 82.1. The number of piperazine rings is 1. The number of benzene rings is 1. The molecular formula is C47H53F2N3O13. The minimum Gasteiger partial charge on any atom is -0.492 e. The van der Waals surface area contributed by atoms with Gasteiger partial charge in [0.05, 0.1) is 24.1 Å². The van der Waals surface area contributed by atoms with Crippen LogP contribution in [0, 0.1) is 41.3 Å². The number of pyridine rings is 1. The first-order valence-corrected chi connectivity index (χ1v) is 22.2. The van der Waals surface area contributed by atoms with Gasteiger partial charge in [-0.1, -0.05) is 25.5 Å². The van der Waals surface area contributed by atoms with Crippen molar-refractivity contribution in [2.24, 2.45) is 28.6 Å². The number of aliphatic hydroxyl groups excluding tert-OH is 1. The number of allylic oxidation sites excluding steroid dienone is 4. The molecule has 5 aliphatic carbocycles. The van der Waals surface area contributed by atoms with Crippen molar-refractivity contribution in [2.45, 2.75) is 109 Å². The maximum absolute atomic E-state index is 17.7. The van der Waals surface area contributed by atoms with E-state index in [-0.39, 0.29) is 84.8 Å². The fourth-order valence-corrected chi connectivity index (χ4v) is 12.3. The number of ether oxygens (including phenoxy) is 3. The summed E-state index contributed by atoms with van der Waals surface area (Å²) in [5.41, 5.74) is -7.30. The summed E-state index contributed by atoms with van der Waals surface area (Å²) in [6.07, 6.45) is 5.41. The molecule has 0 spiro atoms. The molecule has 16 nitrogen and oxygen atoms in total. The van der Waals surface area contributed by atoms with Gasteiger partial charge in [-0.3, -0.25) is 14.4 Å². The minimum atomic E-state index is -2.17. The fourth-order valence-electron chi connectivity index (χ4n) is 12.3. The van der Waals surface area contributed by atoms with E-state index < -0.39 is 99.1 Å². The molecule has 2 N–H and O–H groups in total. The maximum Gasteiger partial charge on any atom is 0.519 e. The second-order valence-corrected chi connectivity index (χ2v) is 19.3. The molecule has 6 aliphatic rings. The number of amides is 1. The molecule has 0 radical (unpaired) electrons. The summed E-state index contributed by atoms with van der Waals surface area (Å²) in [7, 11) is 1.34. The highest BCUT2D eigenvalue weighted by Crippen LogP contribution is 2.70. The molecule has 9 atom stereocenters. The first-order chi connectivity index (χ1) is 30.7. The molecule has 1 saturated heterocycles. The van der Waals surface area contributed by atoms with Gasteiger partial charge in [-0.05, 0) is 89.4 Å². The number of aryl methyl sites for hydroxylation is 1. The van der Waals surface area contributed by atoms with Gasteiger partial charge >= 0.3 is 17.9 Å². The molecule has 348 valence electrons. The van der Waals surface area contributed by atoms with Crippen LogP contribution in [0.5, 0.6) is 5.75 Å². The van der Waals surface area contributed by atoms with Crippen LogP contribution in [-0.2, 0) is 25.7 Å². The van der Waals surface area contributed by atoms with E-state index in [0.717, 1.165) is 6.07 Å². The molecule has 1 aliphatic heterocycles. The molecular weight excluding hydrogens is 853 g/mol. The summed E-state index contributed by atoms with van der Waals surface area (Å²) in [5, 5.41) is 24.0. The van der Waals surface area contributed by atoms with Crippen molar-refractivity contribution in [3.63, 3.8) is 0 Å². The molecule has 1 aromatic carbocycles. The van der Waals surface area contributed by atoms with Crippen molar-refractivity contribution in [1.82, 2.24) is 9.47 Å². The molecule has 1 amide bonds. The van der Waals surface area contributed by atoms with Crippen molar-refractivity contribution in [3.8, 4) is 5.75 Å². The molecule has 18 heteroatoms. The van der Waals surface area contributed by atoms with Gasteiger partial charge < -0.3 is 47.6 Å². The number of hydrogen-bond acceptors (Lipinski definition) is 14. The average Bonchev–Trinajstić information content (AvgIpc) is 4.02. The number of alkyl halides is 1. The van der Waals surface area contributed by atoms with Crippen molar-refractivity contribution in [3.05, 3.63) is 79.8 Å². The highest BCUT2D eigenvalue weighted by molar-refractivity contribution is 6.01. The third-order valence-corrected chi connectivity index (χ3v) is 15.9. The smallest absolute Gasteiger partial charge is 0.492 e. The molecule has 4 saturated carbocycles. The lowest BCUT2D eigenvalue weighted by molar-refractivity contribution is -0.219. The molecule has 5 fully saturated rings. The molecule has 1 unspecified atom stereocenters. The zero-order valence-electron chi connectivity index (χ0n) is 37.1. The normalized spacial score (nSPS) is 33.0. The Bertz CT molecular complexity index is 2720. The predicted octanol–water partition coefficient (Wildman–Crippen LogP) is 5.26. The van der Waals surface area contributed by atoms with Gasteiger partial charge in [-0.25, -0.2) is 23.2 Å². The Morgan fingerprint density at radius 1 is 1.03 bits per heavy atom. The molecule has 3 aromatic rings.